The lowest BCUT2D eigenvalue weighted by molar-refractivity contribution is 0.580. The van der Waals surface area contributed by atoms with Gasteiger partial charge in [-0.05, 0) is 6.42 Å². The first kappa shape index (κ1) is 13.5. The van der Waals surface area contributed by atoms with E-state index in [0.717, 1.165) is 0 Å². The molecule has 0 N–H and O–H groups in total. The first-order chi connectivity index (χ1) is 5.69. The van der Waals surface area contributed by atoms with E-state index in [0.29, 0.717) is 12.8 Å². The monoisotopic (exact) mass is 268 g/mol. The third-order valence-electron chi connectivity index (χ3n) is 1.42. The minimum atomic E-state index is -4.14. The van der Waals surface area contributed by atoms with Gasteiger partial charge in [0.2, 0.25) is 0 Å². The fourth-order valence-corrected chi connectivity index (χ4v) is 5.38. The van der Waals surface area contributed by atoms with Crippen molar-refractivity contribution in [3.05, 3.63) is 0 Å². The molecule has 0 spiro atoms. The molecule has 8 heteroatoms. The third kappa shape index (κ3) is 5.05. The highest BCUT2D eigenvalue weighted by Gasteiger charge is 2.34. The van der Waals surface area contributed by atoms with Crippen molar-refractivity contribution in [2.75, 3.05) is 0 Å². The molecule has 0 fully saturated rings. The maximum absolute atomic E-state index is 10.8. The summed E-state index contributed by atoms with van der Waals surface area (Å²) in [7, 11) is 1.57. The SMILES string of the molecule is CCCCC(S(=O)(=O)Cl)S(=O)(=O)Cl. The molecule has 0 aliphatic rings. The number of hydrogen-bond acceptors (Lipinski definition) is 4. The topological polar surface area (TPSA) is 68.3 Å². The van der Waals surface area contributed by atoms with Gasteiger partial charge >= 0.3 is 0 Å². The molecule has 0 saturated carbocycles. The molecular formula is C5H10Cl2O4S2. The normalized spacial score (nSPS) is 13.5. The fraction of sp³-hybridized carbons (Fsp3) is 1.00. The van der Waals surface area contributed by atoms with E-state index < -0.39 is 22.7 Å². The van der Waals surface area contributed by atoms with Crippen molar-refractivity contribution in [3.63, 3.8) is 0 Å². The van der Waals surface area contributed by atoms with Crippen molar-refractivity contribution in [1.29, 1.82) is 0 Å². The summed E-state index contributed by atoms with van der Waals surface area (Å²) in [5, 5.41) is 0. The Labute approximate surface area is 87.1 Å². The molecule has 0 rings (SSSR count). The summed E-state index contributed by atoms with van der Waals surface area (Å²) in [6.07, 6.45) is 1.06. The molecule has 0 unspecified atom stereocenters. The quantitative estimate of drug-likeness (QED) is 0.711. The van der Waals surface area contributed by atoms with Crippen LogP contribution in [0.25, 0.3) is 0 Å². The van der Waals surface area contributed by atoms with E-state index in [4.69, 9.17) is 21.4 Å². The van der Waals surface area contributed by atoms with Crippen LogP contribution in [0.2, 0.25) is 0 Å². The molecule has 0 heterocycles. The predicted molar refractivity (Wildman–Crippen MR) is 52.9 cm³/mol. The maximum atomic E-state index is 10.8. The second kappa shape index (κ2) is 4.82. The molecule has 0 aromatic rings. The standard InChI is InChI=1S/C5H10Cl2O4S2/c1-2-3-4-5(12(6,8)9)13(7,10)11/h5H,2-4H2,1H3. The Bertz CT molecular complexity index is 313. The van der Waals surface area contributed by atoms with E-state index in [1.807, 2.05) is 0 Å². The molecule has 0 aliphatic heterocycles. The van der Waals surface area contributed by atoms with Gasteiger partial charge in [0.25, 0.3) is 18.1 Å². The predicted octanol–water partition coefficient (Wildman–Crippen LogP) is 1.64. The minimum Gasteiger partial charge on any atom is -0.211 e. The molecule has 0 atom stereocenters. The van der Waals surface area contributed by atoms with Gasteiger partial charge in [-0.3, -0.25) is 0 Å². The molecular weight excluding hydrogens is 259 g/mol. The number of rotatable bonds is 5. The molecule has 0 bridgehead atoms. The summed E-state index contributed by atoms with van der Waals surface area (Å²) in [4.78, 5) is 0. The van der Waals surface area contributed by atoms with Gasteiger partial charge in [-0.15, -0.1) is 0 Å². The van der Waals surface area contributed by atoms with Crippen LogP contribution in [0.15, 0.2) is 0 Å². The van der Waals surface area contributed by atoms with Crippen LogP contribution in [0.3, 0.4) is 0 Å². The summed E-state index contributed by atoms with van der Waals surface area (Å²) < 4.78 is 41.5. The van der Waals surface area contributed by atoms with Crippen molar-refractivity contribution in [2.24, 2.45) is 0 Å². The van der Waals surface area contributed by atoms with Gasteiger partial charge in [0.15, 0.2) is 4.58 Å². The molecule has 4 nitrogen and oxygen atoms in total. The van der Waals surface area contributed by atoms with E-state index in [9.17, 15) is 16.8 Å². The maximum Gasteiger partial charge on any atom is 0.251 e. The van der Waals surface area contributed by atoms with Gasteiger partial charge in [-0.2, -0.15) is 0 Å². The second-order valence-corrected chi connectivity index (χ2v) is 8.44. The number of hydrogen-bond donors (Lipinski definition) is 0. The molecule has 0 aromatic heterocycles. The van der Waals surface area contributed by atoms with Crippen molar-refractivity contribution in [2.45, 2.75) is 30.8 Å². The highest BCUT2D eigenvalue weighted by atomic mass is 35.7. The van der Waals surface area contributed by atoms with Gasteiger partial charge in [0, 0.05) is 21.4 Å². The van der Waals surface area contributed by atoms with Crippen molar-refractivity contribution < 1.29 is 16.8 Å². The van der Waals surface area contributed by atoms with Gasteiger partial charge in [-0.25, -0.2) is 16.8 Å². The van der Waals surface area contributed by atoms with Gasteiger partial charge in [0.1, 0.15) is 0 Å². The van der Waals surface area contributed by atoms with Crippen LogP contribution in [0.4, 0.5) is 0 Å². The Balaban J connectivity index is 4.81. The Hall–Kier alpha value is 0.480. The Morgan fingerprint density at radius 1 is 1.08 bits per heavy atom. The first-order valence-electron chi connectivity index (χ1n) is 3.56. The summed E-state index contributed by atoms with van der Waals surface area (Å²) in [6, 6.07) is 0. The lowest BCUT2D eigenvalue weighted by Crippen LogP contribution is -2.23. The van der Waals surface area contributed by atoms with E-state index in [-0.39, 0.29) is 6.42 Å². The van der Waals surface area contributed by atoms with Crippen molar-refractivity contribution in [1.82, 2.24) is 0 Å². The van der Waals surface area contributed by atoms with Crippen LogP contribution in [0, 0.1) is 0 Å². The van der Waals surface area contributed by atoms with Gasteiger partial charge < -0.3 is 0 Å². The van der Waals surface area contributed by atoms with Crippen LogP contribution in [-0.2, 0) is 18.1 Å². The first-order valence-corrected chi connectivity index (χ1v) is 8.31. The Morgan fingerprint density at radius 3 is 1.69 bits per heavy atom. The zero-order valence-corrected chi connectivity index (χ0v) is 10.0. The van der Waals surface area contributed by atoms with E-state index in [1.165, 1.54) is 0 Å². The zero-order chi connectivity index (χ0) is 10.7. The average molecular weight is 269 g/mol. The van der Waals surface area contributed by atoms with Crippen LogP contribution in [0.1, 0.15) is 26.2 Å². The Morgan fingerprint density at radius 2 is 1.46 bits per heavy atom. The summed E-state index contributed by atoms with van der Waals surface area (Å²) in [5.74, 6) is 0. The van der Waals surface area contributed by atoms with E-state index in [1.54, 1.807) is 6.92 Å². The Kier molecular flexibility index (Phi) is 4.99. The number of unbranched alkanes of at least 4 members (excludes halogenated alkanes) is 1. The molecule has 0 aliphatic carbocycles. The molecule has 80 valence electrons. The van der Waals surface area contributed by atoms with Crippen LogP contribution in [0.5, 0.6) is 0 Å². The van der Waals surface area contributed by atoms with Crippen molar-refractivity contribution >= 4 is 39.5 Å². The third-order valence-corrected chi connectivity index (χ3v) is 6.59. The van der Waals surface area contributed by atoms with Crippen LogP contribution >= 0.6 is 21.4 Å². The van der Waals surface area contributed by atoms with Crippen LogP contribution < -0.4 is 0 Å². The summed E-state index contributed by atoms with van der Waals surface area (Å²) >= 11 is 0. The lowest BCUT2D eigenvalue weighted by atomic mass is 10.3. The molecule has 0 saturated heterocycles. The second-order valence-electron chi connectivity index (χ2n) is 2.52. The fourth-order valence-electron chi connectivity index (χ4n) is 0.790. The molecule has 0 amide bonds. The average Bonchev–Trinajstić information content (AvgIpc) is 1.81. The summed E-state index contributed by atoms with van der Waals surface area (Å²) in [6.45, 7) is 1.80. The zero-order valence-electron chi connectivity index (χ0n) is 6.90. The molecule has 13 heavy (non-hydrogen) atoms. The lowest BCUT2D eigenvalue weighted by Gasteiger charge is -2.08. The largest absolute Gasteiger partial charge is 0.251 e. The van der Waals surface area contributed by atoms with E-state index in [2.05, 4.69) is 0 Å². The smallest absolute Gasteiger partial charge is 0.211 e. The van der Waals surface area contributed by atoms with Crippen molar-refractivity contribution in [3.8, 4) is 0 Å². The van der Waals surface area contributed by atoms with Gasteiger partial charge in [0.05, 0.1) is 0 Å². The van der Waals surface area contributed by atoms with E-state index >= 15 is 0 Å². The highest BCUT2D eigenvalue weighted by Crippen LogP contribution is 2.23. The number of halogens is 2. The summed E-state index contributed by atoms with van der Waals surface area (Å²) in [5.41, 5.74) is 0. The minimum absolute atomic E-state index is 0.0613. The van der Waals surface area contributed by atoms with Gasteiger partial charge in [-0.1, -0.05) is 19.8 Å². The molecule has 0 aromatic carbocycles. The highest BCUT2D eigenvalue weighted by molar-refractivity contribution is 8.28. The molecule has 0 radical (unpaired) electrons. The van der Waals surface area contributed by atoms with Crippen LogP contribution in [-0.4, -0.2) is 21.4 Å².